The molecule has 2 rings (SSSR count). The Bertz CT molecular complexity index is 376. The molecule has 0 aromatic heterocycles. The second kappa shape index (κ2) is 5.29. The zero-order valence-electron chi connectivity index (χ0n) is 9.70. The number of carbonyl (C=O) groups excluding carboxylic acids is 1. The minimum absolute atomic E-state index is 0.272. The van der Waals surface area contributed by atoms with Crippen LogP contribution in [0.1, 0.15) is 30.1 Å². The van der Waals surface area contributed by atoms with E-state index in [0.29, 0.717) is 18.4 Å². The molecule has 1 saturated heterocycles. The highest BCUT2D eigenvalue weighted by atomic mass is 16.6. The van der Waals surface area contributed by atoms with Gasteiger partial charge in [-0.15, -0.1) is 0 Å². The average Bonchev–Trinajstić information content (AvgIpc) is 2.34. The molecule has 1 aliphatic rings. The van der Waals surface area contributed by atoms with E-state index in [9.17, 15) is 9.90 Å². The van der Waals surface area contributed by atoms with Gasteiger partial charge < -0.3 is 14.6 Å². The Balaban J connectivity index is 1.95. The molecule has 0 amide bonds. The lowest BCUT2D eigenvalue weighted by molar-refractivity contribution is -0.193. The predicted molar refractivity (Wildman–Crippen MR) is 61.4 cm³/mol. The quantitative estimate of drug-likeness (QED) is 0.794. The molecular formula is C13H16O4. The lowest BCUT2D eigenvalue weighted by atomic mass is 10.1. The van der Waals surface area contributed by atoms with Crippen molar-refractivity contribution in [2.24, 2.45) is 0 Å². The van der Waals surface area contributed by atoms with E-state index in [0.717, 1.165) is 0 Å². The van der Waals surface area contributed by atoms with Gasteiger partial charge in [-0.1, -0.05) is 18.2 Å². The maximum atomic E-state index is 11.8. The Hall–Kier alpha value is -1.39. The lowest BCUT2D eigenvalue weighted by Gasteiger charge is -2.31. The fourth-order valence-electron chi connectivity index (χ4n) is 1.88. The summed E-state index contributed by atoms with van der Waals surface area (Å²) in [7, 11) is 0. The van der Waals surface area contributed by atoms with E-state index in [2.05, 4.69) is 0 Å². The number of aliphatic hydroxyl groups is 1. The van der Waals surface area contributed by atoms with Gasteiger partial charge in [-0.2, -0.15) is 0 Å². The molecule has 0 bridgehead atoms. The fourth-order valence-corrected chi connectivity index (χ4v) is 1.88. The van der Waals surface area contributed by atoms with Crippen molar-refractivity contribution < 1.29 is 19.4 Å². The van der Waals surface area contributed by atoms with E-state index >= 15 is 0 Å². The van der Waals surface area contributed by atoms with Crippen LogP contribution in [0.2, 0.25) is 0 Å². The van der Waals surface area contributed by atoms with Crippen molar-refractivity contribution in [3.8, 4) is 0 Å². The topological polar surface area (TPSA) is 55.8 Å². The zero-order valence-corrected chi connectivity index (χ0v) is 9.70. The van der Waals surface area contributed by atoms with Crippen LogP contribution in [0.4, 0.5) is 0 Å². The molecule has 0 aliphatic carbocycles. The van der Waals surface area contributed by atoms with Crippen molar-refractivity contribution >= 4 is 5.97 Å². The third-order valence-corrected chi connectivity index (χ3v) is 2.86. The van der Waals surface area contributed by atoms with E-state index in [-0.39, 0.29) is 18.2 Å². The molecule has 1 N–H and O–H groups in total. The maximum Gasteiger partial charge on any atom is 0.338 e. The molecule has 0 unspecified atom stereocenters. The molecule has 0 spiro atoms. The van der Waals surface area contributed by atoms with Gasteiger partial charge in [-0.25, -0.2) is 4.79 Å². The SMILES string of the molecule is C[C@@H]1O[C@H](O)CC[C@@H]1OC(=O)c1ccccc1. The van der Waals surface area contributed by atoms with Gasteiger partial charge in [0.25, 0.3) is 0 Å². The maximum absolute atomic E-state index is 11.8. The molecule has 92 valence electrons. The van der Waals surface area contributed by atoms with Crippen molar-refractivity contribution in [1.29, 1.82) is 0 Å². The van der Waals surface area contributed by atoms with Crippen molar-refractivity contribution in [1.82, 2.24) is 0 Å². The van der Waals surface area contributed by atoms with Gasteiger partial charge in [0.2, 0.25) is 0 Å². The number of hydrogen-bond donors (Lipinski definition) is 1. The van der Waals surface area contributed by atoms with Crippen LogP contribution >= 0.6 is 0 Å². The van der Waals surface area contributed by atoms with Crippen molar-refractivity contribution in [2.75, 3.05) is 0 Å². The molecule has 0 saturated carbocycles. The van der Waals surface area contributed by atoms with Crippen LogP contribution in [0.5, 0.6) is 0 Å². The molecule has 17 heavy (non-hydrogen) atoms. The van der Waals surface area contributed by atoms with E-state index < -0.39 is 6.29 Å². The largest absolute Gasteiger partial charge is 0.456 e. The predicted octanol–water partition coefficient (Wildman–Crippen LogP) is 1.73. The van der Waals surface area contributed by atoms with Crippen LogP contribution in [-0.4, -0.2) is 29.6 Å². The highest BCUT2D eigenvalue weighted by molar-refractivity contribution is 5.89. The number of esters is 1. The fraction of sp³-hybridized carbons (Fsp3) is 0.462. The first kappa shape index (κ1) is 12.1. The normalized spacial score (nSPS) is 28.7. The van der Waals surface area contributed by atoms with E-state index in [1.807, 2.05) is 6.07 Å². The molecule has 1 aromatic rings. The number of hydrogen-bond acceptors (Lipinski definition) is 4. The van der Waals surface area contributed by atoms with Crippen LogP contribution in [0, 0.1) is 0 Å². The van der Waals surface area contributed by atoms with Gasteiger partial charge >= 0.3 is 5.97 Å². The van der Waals surface area contributed by atoms with Crippen molar-refractivity contribution in [3.63, 3.8) is 0 Å². The molecule has 1 heterocycles. The first-order chi connectivity index (χ1) is 8.16. The number of rotatable bonds is 2. The van der Waals surface area contributed by atoms with Crippen LogP contribution < -0.4 is 0 Å². The van der Waals surface area contributed by atoms with Gasteiger partial charge in [0.1, 0.15) is 6.10 Å². The second-order valence-corrected chi connectivity index (χ2v) is 4.18. The molecule has 1 fully saturated rings. The summed E-state index contributed by atoms with van der Waals surface area (Å²) in [5, 5.41) is 9.29. The summed E-state index contributed by atoms with van der Waals surface area (Å²) in [5.74, 6) is -0.345. The van der Waals surface area contributed by atoms with Gasteiger partial charge in [0.05, 0.1) is 11.7 Å². The Kier molecular flexibility index (Phi) is 3.76. The Labute approximate surface area is 100 Å². The smallest absolute Gasteiger partial charge is 0.338 e. The molecule has 0 radical (unpaired) electrons. The molecule has 4 nitrogen and oxygen atoms in total. The first-order valence-electron chi connectivity index (χ1n) is 5.76. The monoisotopic (exact) mass is 236 g/mol. The summed E-state index contributed by atoms with van der Waals surface area (Å²) in [6.45, 7) is 1.80. The van der Waals surface area contributed by atoms with Crippen LogP contribution in [0.15, 0.2) is 30.3 Å². The summed E-state index contributed by atoms with van der Waals surface area (Å²) >= 11 is 0. The van der Waals surface area contributed by atoms with E-state index in [1.54, 1.807) is 31.2 Å². The zero-order chi connectivity index (χ0) is 12.3. The van der Waals surface area contributed by atoms with Crippen molar-refractivity contribution in [2.45, 2.75) is 38.3 Å². The van der Waals surface area contributed by atoms with Gasteiger partial charge in [0, 0.05) is 6.42 Å². The van der Waals surface area contributed by atoms with Crippen LogP contribution in [-0.2, 0) is 9.47 Å². The van der Waals surface area contributed by atoms with Crippen LogP contribution in [0.3, 0.4) is 0 Å². The molecular weight excluding hydrogens is 220 g/mol. The highest BCUT2D eigenvalue weighted by Gasteiger charge is 2.30. The Morgan fingerprint density at radius 1 is 1.35 bits per heavy atom. The molecule has 3 atom stereocenters. The Morgan fingerprint density at radius 3 is 2.71 bits per heavy atom. The average molecular weight is 236 g/mol. The summed E-state index contributed by atoms with van der Waals surface area (Å²) in [6.07, 6.45) is -0.174. The third-order valence-electron chi connectivity index (χ3n) is 2.86. The summed E-state index contributed by atoms with van der Waals surface area (Å²) in [5.41, 5.74) is 0.533. The first-order valence-corrected chi connectivity index (χ1v) is 5.76. The van der Waals surface area contributed by atoms with Gasteiger partial charge in [0.15, 0.2) is 6.29 Å². The second-order valence-electron chi connectivity index (χ2n) is 4.18. The summed E-state index contributed by atoms with van der Waals surface area (Å²) in [4.78, 5) is 11.8. The number of ether oxygens (including phenoxy) is 2. The minimum atomic E-state index is -0.739. The van der Waals surface area contributed by atoms with Gasteiger partial charge in [-0.05, 0) is 25.5 Å². The summed E-state index contributed by atoms with van der Waals surface area (Å²) in [6, 6.07) is 8.86. The molecule has 4 heteroatoms. The minimum Gasteiger partial charge on any atom is -0.456 e. The molecule has 1 aliphatic heterocycles. The Morgan fingerprint density at radius 2 is 2.06 bits per heavy atom. The molecule has 1 aromatic carbocycles. The number of carbonyl (C=O) groups is 1. The summed E-state index contributed by atoms with van der Waals surface area (Å²) < 4.78 is 10.6. The van der Waals surface area contributed by atoms with Crippen molar-refractivity contribution in [3.05, 3.63) is 35.9 Å². The highest BCUT2D eigenvalue weighted by Crippen LogP contribution is 2.21. The van der Waals surface area contributed by atoms with Gasteiger partial charge in [-0.3, -0.25) is 0 Å². The van der Waals surface area contributed by atoms with E-state index in [1.165, 1.54) is 0 Å². The van der Waals surface area contributed by atoms with Crippen LogP contribution in [0.25, 0.3) is 0 Å². The standard InChI is InChI=1S/C13H16O4/c1-9-11(7-8-12(14)16-9)17-13(15)10-5-3-2-4-6-10/h2-6,9,11-12,14H,7-8H2,1H3/t9-,11-,12-/m0/s1. The lowest BCUT2D eigenvalue weighted by Crippen LogP contribution is -2.39. The number of benzene rings is 1. The number of aliphatic hydroxyl groups excluding tert-OH is 1. The third kappa shape index (κ3) is 3.05. The van der Waals surface area contributed by atoms with E-state index in [4.69, 9.17) is 9.47 Å².